The van der Waals surface area contributed by atoms with Crippen LogP contribution in [-0.4, -0.2) is 81.0 Å². The molecule has 13 heteroatoms. The number of pyridine rings is 1. The molecule has 0 radical (unpaired) electrons. The van der Waals surface area contributed by atoms with E-state index in [9.17, 15) is 23.1 Å². The standard InChI is InChI=1S/C27H29Cl2F3N6O2/c1-17(39)37-7-6-24-22(16-37)25(18-2-4-20(28)5-3-18)34-38(24)15-21(40)14-35-8-10-36(11-9-35)26-23(29)12-19(13-33-26)27(30,31)32/h2-5,12-13,21,40H,6-11,14-16H2,1H3. The van der Waals surface area contributed by atoms with E-state index in [1.165, 1.54) is 0 Å². The van der Waals surface area contributed by atoms with Crippen LogP contribution in [0, 0.1) is 0 Å². The third kappa shape index (κ3) is 6.22. The molecular formula is C27H29Cl2F3N6O2. The smallest absolute Gasteiger partial charge is 0.390 e. The summed E-state index contributed by atoms with van der Waals surface area (Å²) in [6.45, 7) is 5.53. The number of aromatic nitrogens is 3. The molecule has 1 amide bonds. The Morgan fingerprint density at radius 3 is 2.40 bits per heavy atom. The first-order valence-corrected chi connectivity index (χ1v) is 13.7. The minimum absolute atomic E-state index is 0.00687. The lowest BCUT2D eigenvalue weighted by Crippen LogP contribution is -2.49. The summed E-state index contributed by atoms with van der Waals surface area (Å²) in [6, 6.07) is 8.30. The van der Waals surface area contributed by atoms with Gasteiger partial charge in [-0.25, -0.2) is 4.98 Å². The Morgan fingerprint density at radius 1 is 1.07 bits per heavy atom. The zero-order valence-electron chi connectivity index (χ0n) is 21.8. The number of carbonyl (C=O) groups excluding carboxylic acids is 1. The first kappa shape index (κ1) is 28.7. The lowest BCUT2D eigenvalue weighted by atomic mass is 10.0. The van der Waals surface area contributed by atoms with Gasteiger partial charge >= 0.3 is 6.18 Å². The predicted molar refractivity (Wildman–Crippen MR) is 146 cm³/mol. The second-order valence-corrected chi connectivity index (χ2v) is 11.0. The highest BCUT2D eigenvalue weighted by atomic mass is 35.5. The Labute approximate surface area is 239 Å². The normalized spacial score (nSPS) is 17.2. The highest BCUT2D eigenvalue weighted by Crippen LogP contribution is 2.34. The fourth-order valence-corrected chi connectivity index (χ4v) is 5.68. The van der Waals surface area contributed by atoms with Gasteiger partial charge in [-0.1, -0.05) is 35.3 Å². The Balaban J connectivity index is 1.24. The van der Waals surface area contributed by atoms with Crippen LogP contribution < -0.4 is 4.90 Å². The monoisotopic (exact) mass is 596 g/mol. The molecule has 1 N–H and O–H groups in total. The van der Waals surface area contributed by atoms with Crippen LogP contribution in [0.15, 0.2) is 36.5 Å². The van der Waals surface area contributed by atoms with Crippen molar-refractivity contribution in [2.45, 2.75) is 38.7 Å². The van der Waals surface area contributed by atoms with Crippen molar-refractivity contribution < 1.29 is 23.1 Å². The van der Waals surface area contributed by atoms with Crippen molar-refractivity contribution in [3.8, 4) is 11.3 Å². The summed E-state index contributed by atoms with van der Waals surface area (Å²) in [5, 5.41) is 16.4. The topological polar surface area (TPSA) is 77.7 Å². The number of nitrogens with zero attached hydrogens (tertiary/aromatic N) is 6. The van der Waals surface area contributed by atoms with Gasteiger partial charge in [0, 0.05) is 87.2 Å². The number of alkyl halides is 3. The van der Waals surface area contributed by atoms with Crippen LogP contribution in [-0.2, 0) is 30.5 Å². The number of halogens is 5. The molecule has 1 aromatic carbocycles. The highest BCUT2D eigenvalue weighted by molar-refractivity contribution is 6.33. The van der Waals surface area contributed by atoms with E-state index in [-0.39, 0.29) is 10.9 Å². The van der Waals surface area contributed by atoms with E-state index in [4.69, 9.17) is 28.3 Å². The van der Waals surface area contributed by atoms with Crippen molar-refractivity contribution in [1.82, 2.24) is 24.6 Å². The molecule has 214 valence electrons. The molecule has 40 heavy (non-hydrogen) atoms. The van der Waals surface area contributed by atoms with Gasteiger partial charge in [0.1, 0.15) is 5.82 Å². The maximum atomic E-state index is 12.9. The molecule has 1 unspecified atom stereocenters. The third-order valence-corrected chi connectivity index (χ3v) is 7.90. The second-order valence-electron chi connectivity index (χ2n) is 10.1. The predicted octanol–water partition coefficient (Wildman–Crippen LogP) is 4.36. The summed E-state index contributed by atoms with van der Waals surface area (Å²) in [5.74, 6) is 0.333. The van der Waals surface area contributed by atoms with Gasteiger partial charge in [-0.3, -0.25) is 14.4 Å². The second kappa shape index (κ2) is 11.6. The third-order valence-electron chi connectivity index (χ3n) is 7.37. The number of piperazine rings is 1. The van der Waals surface area contributed by atoms with Gasteiger partial charge in [-0.05, 0) is 18.2 Å². The molecule has 0 saturated carbocycles. The number of hydrogen-bond donors (Lipinski definition) is 1. The summed E-state index contributed by atoms with van der Waals surface area (Å²) >= 11 is 12.2. The van der Waals surface area contributed by atoms with Crippen LogP contribution in [0.2, 0.25) is 10.0 Å². The van der Waals surface area contributed by atoms with Crippen molar-refractivity contribution in [2.75, 3.05) is 44.2 Å². The number of β-amino-alcohol motifs (C(OH)–C–C–N with tert-alkyl or cyclic N) is 1. The van der Waals surface area contributed by atoms with Crippen LogP contribution in [0.1, 0.15) is 23.7 Å². The van der Waals surface area contributed by atoms with E-state index < -0.39 is 17.8 Å². The van der Waals surface area contributed by atoms with Crippen molar-refractivity contribution in [1.29, 1.82) is 0 Å². The molecule has 0 spiro atoms. The van der Waals surface area contributed by atoms with Crippen molar-refractivity contribution in [3.63, 3.8) is 0 Å². The highest BCUT2D eigenvalue weighted by Gasteiger charge is 2.33. The quantitative estimate of drug-likeness (QED) is 0.456. The Hall–Kier alpha value is -2.86. The van der Waals surface area contributed by atoms with Crippen LogP contribution in [0.25, 0.3) is 11.3 Å². The summed E-state index contributed by atoms with van der Waals surface area (Å²) in [7, 11) is 0. The number of aliphatic hydroxyl groups is 1. The van der Waals surface area contributed by atoms with Gasteiger partial charge in [0.2, 0.25) is 5.91 Å². The van der Waals surface area contributed by atoms with Crippen molar-refractivity contribution in [3.05, 3.63) is 63.4 Å². The fourth-order valence-electron chi connectivity index (χ4n) is 5.27. The molecule has 2 aromatic heterocycles. The van der Waals surface area contributed by atoms with Gasteiger partial charge in [-0.2, -0.15) is 18.3 Å². The summed E-state index contributed by atoms with van der Waals surface area (Å²) in [4.78, 5) is 21.8. The Bertz CT molecular complexity index is 1370. The lowest BCUT2D eigenvalue weighted by molar-refractivity contribution is -0.137. The molecule has 3 aromatic rings. The van der Waals surface area contributed by atoms with Gasteiger partial charge in [-0.15, -0.1) is 0 Å². The molecule has 0 aliphatic carbocycles. The average molecular weight is 597 g/mol. The van der Waals surface area contributed by atoms with E-state index in [2.05, 4.69) is 9.88 Å². The first-order valence-electron chi connectivity index (χ1n) is 13.0. The molecule has 1 saturated heterocycles. The Kier molecular flexibility index (Phi) is 8.28. The molecule has 0 bridgehead atoms. The van der Waals surface area contributed by atoms with Gasteiger partial charge < -0.3 is 14.9 Å². The maximum Gasteiger partial charge on any atom is 0.417 e. The molecule has 2 aliphatic rings. The van der Waals surface area contributed by atoms with Gasteiger partial charge in [0.15, 0.2) is 0 Å². The van der Waals surface area contributed by atoms with E-state index in [1.807, 2.05) is 21.7 Å². The number of hydrogen-bond acceptors (Lipinski definition) is 6. The molecule has 4 heterocycles. The zero-order chi connectivity index (χ0) is 28.6. The van der Waals surface area contributed by atoms with E-state index >= 15 is 0 Å². The maximum absolute atomic E-state index is 12.9. The van der Waals surface area contributed by atoms with Crippen molar-refractivity contribution >= 4 is 34.9 Å². The first-order chi connectivity index (χ1) is 19.0. The fraction of sp³-hybridized carbons (Fsp3) is 0.444. The van der Waals surface area contributed by atoms with Crippen LogP contribution in [0.3, 0.4) is 0 Å². The number of benzene rings is 1. The van der Waals surface area contributed by atoms with Crippen LogP contribution >= 0.6 is 23.2 Å². The summed E-state index contributed by atoms with van der Waals surface area (Å²) in [6.07, 6.45) is -3.76. The van der Waals surface area contributed by atoms with E-state index in [0.29, 0.717) is 69.6 Å². The number of carbonyl (C=O) groups is 1. The molecule has 8 nitrogen and oxygen atoms in total. The number of aliphatic hydroxyl groups excluding tert-OH is 1. The van der Waals surface area contributed by atoms with Gasteiger partial charge in [0.25, 0.3) is 0 Å². The van der Waals surface area contributed by atoms with Crippen molar-refractivity contribution in [2.24, 2.45) is 0 Å². The minimum atomic E-state index is -4.50. The number of amides is 1. The van der Waals surface area contributed by atoms with Gasteiger partial charge in [0.05, 0.1) is 28.9 Å². The Morgan fingerprint density at radius 2 is 1.77 bits per heavy atom. The molecule has 5 rings (SSSR count). The number of rotatable bonds is 6. The zero-order valence-corrected chi connectivity index (χ0v) is 23.3. The molecule has 2 aliphatic heterocycles. The summed E-state index contributed by atoms with van der Waals surface area (Å²) < 4.78 is 40.7. The number of anilines is 1. The van der Waals surface area contributed by atoms with Crippen LogP contribution in [0.5, 0.6) is 0 Å². The average Bonchev–Trinajstić information content (AvgIpc) is 3.26. The molecule has 1 atom stereocenters. The van der Waals surface area contributed by atoms with E-state index in [0.717, 1.165) is 34.8 Å². The van der Waals surface area contributed by atoms with Crippen LogP contribution in [0.4, 0.5) is 19.0 Å². The lowest BCUT2D eigenvalue weighted by Gasteiger charge is -2.36. The minimum Gasteiger partial charge on any atom is -0.390 e. The number of fused-ring (bicyclic) bond motifs is 1. The largest absolute Gasteiger partial charge is 0.417 e. The SMILES string of the molecule is CC(=O)N1CCc2c(c(-c3ccc(Cl)cc3)nn2CC(O)CN2CCN(c3ncc(C(F)(F)F)cc3Cl)CC2)C1. The van der Waals surface area contributed by atoms with E-state index in [1.54, 1.807) is 24.0 Å². The molecule has 1 fully saturated rings. The summed E-state index contributed by atoms with van der Waals surface area (Å²) in [5.41, 5.74) is 2.78. The molecular weight excluding hydrogens is 568 g/mol.